The quantitative estimate of drug-likeness (QED) is 0.490. The Hall–Kier alpha value is -3.80. The molecule has 31 heavy (non-hydrogen) atoms. The summed E-state index contributed by atoms with van der Waals surface area (Å²) in [6.45, 7) is 4.65. The maximum absolute atomic E-state index is 11.3. The Labute approximate surface area is 181 Å². The van der Waals surface area contributed by atoms with E-state index in [9.17, 15) is 4.79 Å². The highest BCUT2D eigenvalue weighted by Crippen LogP contribution is 2.39. The van der Waals surface area contributed by atoms with E-state index >= 15 is 0 Å². The van der Waals surface area contributed by atoms with Gasteiger partial charge in [0.15, 0.2) is 6.61 Å². The summed E-state index contributed by atoms with van der Waals surface area (Å²) in [5.74, 6) is 1.27. The number of fused-ring (bicyclic) bond motifs is 1. The average Bonchev–Trinajstić information content (AvgIpc) is 3.12. The van der Waals surface area contributed by atoms with Crippen LogP contribution in [0.3, 0.4) is 0 Å². The van der Waals surface area contributed by atoms with Crippen molar-refractivity contribution in [1.82, 2.24) is 9.55 Å². The molecule has 2 N–H and O–H groups in total. The number of methoxy groups -OCH3 is 1. The van der Waals surface area contributed by atoms with Crippen molar-refractivity contribution in [3.8, 4) is 22.9 Å². The summed E-state index contributed by atoms with van der Waals surface area (Å²) >= 11 is 0. The van der Waals surface area contributed by atoms with Crippen molar-refractivity contribution in [3.05, 3.63) is 77.4 Å². The topological polar surface area (TPSA) is 79.4 Å². The summed E-state index contributed by atoms with van der Waals surface area (Å²) in [5.41, 5.74) is 11.5. The SMILES string of the molecule is COc1cccc(OCC(N)=O)c1-c1nc2ccccc2n1Cc1c(C)cccc1C. The van der Waals surface area contributed by atoms with Gasteiger partial charge in [0.2, 0.25) is 0 Å². The first-order valence-electron chi connectivity index (χ1n) is 10.1. The number of amides is 1. The van der Waals surface area contributed by atoms with E-state index in [0.29, 0.717) is 29.4 Å². The molecule has 0 saturated heterocycles. The first-order valence-corrected chi connectivity index (χ1v) is 10.1. The van der Waals surface area contributed by atoms with Crippen molar-refractivity contribution in [3.63, 3.8) is 0 Å². The molecule has 6 nitrogen and oxygen atoms in total. The van der Waals surface area contributed by atoms with Crippen LogP contribution in [-0.4, -0.2) is 29.2 Å². The van der Waals surface area contributed by atoms with Crippen LogP contribution in [0.5, 0.6) is 11.5 Å². The number of hydrogen-bond donors (Lipinski definition) is 1. The van der Waals surface area contributed by atoms with E-state index in [0.717, 1.165) is 11.0 Å². The van der Waals surface area contributed by atoms with Crippen LogP contribution < -0.4 is 15.2 Å². The van der Waals surface area contributed by atoms with Gasteiger partial charge in [-0.1, -0.05) is 36.4 Å². The molecule has 0 aliphatic carbocycles. The summed E-state index contributed by atoms with van der Waals surface area (Å²) in [6.07, 6.45) is 0. The third-order valence-electron chi connectivity index (χ3n) is 5.42. The van der Waals surface area contributed by atoms with E-state index in [1.807, 2.05) is 30.3 Å². The number of carbonyl (C=O) groups is 1. The lowest BCUT2D eigenvalue weighted by atomic mass is 10.0. The number of aryl methyl sites for hydroxylation is 2. The molecule has 0 bridgehead atoms. The Balaban J connectivity index is 1.95. The molecule has 158 valence electrons. The molecule has 0 aliphatic heterocycles. The summed E-state index contributed by atoms with van der Waals surface area (Å²) in [5, 5.41) is 0. The third kappa shape index (κ3) is 3.97. The monoisotopic (exact) mass is 415 g/mol. The highest BCUT2D eigenvalue weighted by molar-refractivity contribution is 5.84. The number of aromatic nitrogens is 2. The van der Waals surface area contributed by atoms with Crippen LogP contribution in [0.2, 0.25) is 0 Å². The van der Waals surface area contributed by atoms with E-state index in [1.165, 1.54) is 16.7 Å². The van der Waals surface area contributed by atoms with Crippen molar-refractivity contribution >= 4 is 16.9 Å². The molecule has 0 radical (unpaired) electrons. The number of benzene rings is 3. The molecule has 1 amide bonds. The summed E-state index contributed by atoms with van der Waals surface area (Å²) in [6, 6.07) is 19.8. The van der Waals surface area contributed by atoms with Gasteiger partial charge in [0.1, 0.15) is 22.9 Å². The molecule has 0 spiro atoms. The van der Waals surface area contributed by atoms with Crippen LogP contribution in [0.25, 0.3) is 22.4 Å². The fourth-order valence-corrected chi connectivity index (χ4v) is 3.85. The van der Waals surface area contributed by atoms with Crippen molar-refractivity contribution in [2.75, 3.05) is 13.7 Å². The maximum Gasteiger partial charge on any atom is 0.255 e. The Morgan fingerprint density at radius 3 is 2.35 bits per heavy atom. The number of nitrogens with zero attached hydrogens (tertiary/aromatic N) is 2. The van der Waals surface area contributed by atoms with Crippen LogP contribution in [0.4, 0.5) is 0 Å². The smallest absolute Gasteiger partial charge is 0.255 e. The van der Waals surface area contributed by atoms with E-state index in [1.54, 1.807) is 13.2 Å². The van der Waals surface area contributed by atoms with Gasteiger partial charge in [0.25, 0.3) is 5.91 Å². The molecule has 0 aliphatic rings. The van der Waals surface area contributed by atoms with Crippen molar-refractivity contribution in [2.45, 2.75) is 20.4 Å². The molecule has 3 aromatic carbocycles. The second kappa shape index (κ2) is 8.52. The highest BCUT2D eigenvalue weighted by Gasteiger charge is 2.22. The standard InChI is InChI=1S/C25H25N3O3/c1-16-8-6-9-17(2)18(16)14-28-20-11-5-4-10-19(20)27-25(28)24-21(30-3)12-7-13-22(24)31-15-23(26)29/h4-13H,14-15H2,1-3H3,(H2,26,29). The third-order valence-corrected chi connectivity index (χ3v) is 5.42. The fourth-order valence-electron chi connectivity index (χ4n) is 3.85. The average molecular weight is 415 g/mol. The number of para-hydroxylation sites is 2. The molecule has 6 heteroatoms. The van der Waals surface area contributed by atoms with Gasteiger partial charge in [0.05, 0.1) is 24.7 Å². The molecule has 1 heterocycles. The highest BCUT2D eigenvalue weighted by atomic mass is 16.5. The Bertz CT molecular complexity index is 1240. The van der Waals surface area contributed by atoms with Crippen molar-refractivity contribution in [2.24, 2.45) is 5.73 Å². The zero-order chi connectivity index (χ0) is 22.0. The van der Waals surface area contributed by atoms with Gasteiger partial charge >= 0.3 is 0 Å². The molecule has 4 aromatic rings. The maximum atomic E-state index is 11.3. The molecule has 0 fully saturated rings. The van der Waals surface area contributed by atoms with Crippen molar-refractivity contribution in [1.29, 1.82) is 0 Å². The lowest BCUT2D eigenvalue weighted by molar-refractivity contribution is -0.119. The van der Waals surface area contributed by atoms with Gasteiger partial charge in [-0.3, -0.25) is 4.79 Å². The largest absolute Gasteiger partial charge is 0.496 e. The van der Waals surface area contributed by atoms with Crippen LogP contribution in [0.1, 0.15) is 16.7 Å². The second-order valence-corrected chi connectivity index (χ2v) is 7.47. The number of ether oxygens (including phenoxy) is 2. The number of carbonyl (C=O) groups excluding carboxylic acids is 1. The van der Waals surface area contributed by atoms with Crippen LogP contribution in [0.15, 0.2) is 60.7 Å². The molecular weight excluding hydrogens is 390 g/mol. The number of nitrogens with two attached hydrogens (primary N) is 1. The molecule has 0 unspecified atom stereocenters. The minimum Gasteiger partial charge on any atom is -0.496 e. The Morgan fingerprint density at radius 2 is 1.65 bits per heavy atom. The predicted octanol–water partition coefficient (Wildman–Crippen LogP) is 4.24. The Kier molecular flexibility index (Phi) is 5.62. The number of imidazole rings is 1. The summed E-state index contributed by atoms with van der Waals surface area (Å²) in [4.78, 5) is 16.3. The van der Waals surface area contributed by atoms with Gasteiger partial charge < -0.3 is 19.8 Å². The molecule has 1 aromatic heterocycles. The van der Waals surface area contributed by atoms with E-state index in [2.05, 4.69) is 42.7 Å². The van der Waals surface area contributed by atoms with Gasteiger partial charge in [-0.25, -0.2) is 4.98 Å². The van der Waals surface area contributed by atoms with Crippen LogP contribution in [-0.2, 0) is 11.3 Å². The Morgan fingerprint density at radius 1 is 0.968 bits per heavy atom. The van der Waals surface area contributed by atoms with Crippen molar-refractivity contribution < 1.29 is 14.3 Å². The van der Waals surface area contributed by atoms with E-state index in [4.69, 9.17) is 20.2 Å². The van der Waals surface area contributed by atoms with Gasteiger partial charge in [0, 0.05) is 0 Å². The molecular formula is C25H25N3O3. The predicted molar refractivity (Wildman–Crippen MR) is 121 cm³/mol. The lowest BCUT2D eigenvalue weighted by Crippen LogP contribution is -2.20. The van der Waals surface area contributed by atoms with E-state index in [-0.39, 0.29) is 6.61 Å². The molecule has 0 saturated carbocycles. The van der Waals surface area contributed by atoms with Gasteiger partial charge in [-0.15, -0.1) is 0 Å². The lowest BCUT2D eigenvalue weighted by Gasteiger charge is -2.17. The minimum atomic E-state index is -0.544. The van der Waals surface area contributed by atoms with Crippen LogP contribution in [0, 0.1) is 13.8 Å². The fraction of sp³-hybridized carbons (Fsp3) is 0.200. The van der Waals surface area contributed by atoms with Gasteiger partial charge in [-0.05, 0) is 54.8 Å². The van der Waals surface area contributed by atoms with E-state index < -0.39 is 5.91 Å². The zero-order valence-corrected chi connectivity index (χ0v) is 17.9. The first-order chi connectivity index (χ1) is 15.0. The number of rotatable bonds is 7. The first kappa shape index (κ1) is 20.5. The second-order valence-electron chi connectivity index (χ2n) is 7.47. The normalized spacial score (nSPS) is 10.9. The number of hydrogen-bond acceptors (Lipinski definition) is 4. The molecule has 4 rings (SSSR count). The zero-order valence-electron chi connectivity index (χ0n) is 17.9. The van der Waals surface area contributed by atoms with Crippen LogP contribution >= 0.6 is 0 Å². The summed E-state index contributed by atoms with van der Waals surface area (Å²) < 4.78 is 13.5. The minimum absolute atomic E-state index is 0.225. The number of primary amides is 1. The molecule has 0 atom stereocenters. The van der Waals surface area contributed by atoms with Gasteiger partial charge in [-0.2, -0.15) is 0 Å². The summed E-state index contributed by atoms with van der Waals surface area (Å²) in [7, 11) is 1.61.